The van der Waals surface area contributed by atoms with Crippen molar-refractivity contribution >= 4 is 0 Å². The van der Waals surface area contributed by atoms with E-state index in [0.29, 0.717) is 23.0 Å². The van der Waals surface area contributed by atoms with E-state index in [1.165, 1.54) is 18.4 Å². The van der Waals surface area contributed by atoms with Crippen molar-refractivity contribution in [3.63, 3.8) is 0 Å². The first-order valence-corrected chi connectivity index (χ1v) is 6.65. The van der Waals surface area contributed by atoms with Gasteiger partial charge < -0.3 is 5.11 Å². The number of hydrogen-bond acceptors (Lipinski definition) is 1. The Morgan fingerprint density at radius 3 is 2.06 bits per heavy atom. The summed E-state index contributed by atoms with van der Waals surface area (Å²) in [7, 11) is 0. The van der Waals surface area contributed by atoms with Crippen LogP contribution in [0.5, 0.6) is 5.75 Å². The van der Waals surface area contributed by atoms with Gasteiger partial charge in [-0.15, -0.1) is 0 Å². The topological polar surface area (TPSA) is 20.2 Å². The molecule has 0 aliphatic rings. The van der Waals surface area contributed by atoms with E-state index in [-0.39, 0.29) is 0 Å². The monoisotopic (exact) mass is 234 g/mol. The second-order valence-corrected chi connectivity index (χ2v) is 6.12. The van der Waals surface area contributed by atoms with Crippen LogP contribution < -0.4 is 0 Å². The van der Waals surface area contributed by atoms with E-state index in [4.69, 9.17) is 0 Å². The van der Waals surface area contributed by atoms with Crippen LogP contribution >= 0.6 is 0 Å². The number of aromatic hydroxyl groups is 1. The normalized spacial score (nSPS) is 14.0. The van der Waals surface area contributed by atoms with E-state index in [9.17, 15) is 5.11 Å². The lowest BCUT2D eigenvalue weighted by molar-refractivity contribution is 0.242. The van der Waals surface area contributed by atoms with Crippen molar-refractivity contribution in [1.82, 2.24) is 0 Å². The summed E-state index contributed by atoms with van der Waals surface area (Å²) in [5.74, 6) is 1.61. The Labute approximate surface area is 106 Å². The first-order valence-electron chi connectivity index (χ1n) is 6.65. The van der Waals surface area contributed by atoms with Gasteiger partial charge in [0.25, 0.3) is 0 Å². The molecular formula is C16H26O. The van der Waals surface area contributed by atoms with Crippen molar-refractivity contribution in [3.8, 4) is 5.75 Å². The zero-order chi connectivity index (χ0) is 13.1. The van der Waals surface area contributed by atoms with Gasteiger partial charge in [-0.25, -0.2) is 0 Å². The van der Waals surface area contributed by atoms with E-state index in [1.54, 1.807) is 12.1 Å². The second kappa shape index (κ2) is 5.57. The minimum atomic E-state index is 0.307. The van der Waals surface area contributed by atoms with E-state index in [2.05, 4.69) is 46.8 Å². The van der Waals surface area contributed by atoms with Crippen LogP contribution in [0.4, 0.5) is 0 Å². The van der Waals surface area contributed by atoms with Gasteiger partial charge >= 0.3 is 0 Å². The summed E-state index contributed by atoms with van der Waals surface area (Å²) >= 11 is 0. The molecule has 0 amide bonds. The fourth-order valence-corrected chi connectivity index (χ4v) is 2.33. The van der Waals surface area contributed by atoms with Crippen molar-refractivity contribution < 1.29 is 5.11 Å². The average molecular weight is 234 g/mol. The third-order valence-electron chi connectivity index (χ3n) is 3.86. The molecule has 17 heavy (non-hydrogen) atoms. The molecule has 96 valence electrons. The fourth-order valence-electron chi connectivity index (χ4n) is 2.33. The second-order valence-electron chi connectivity index (χ2n) is 6.12. The highest BCUT2D eigenvalue weighted by atomic mass is 16.3. The van der Waals surface area contributed by atoms with Crippen molar-refractivity contribution in [2.75, 3.05) is 0 Å². The molecule has 0 saturated carbocycles. The van der Waals surface area contributed by atoms with Gasteiger partial charge in [-0.1, -0.05) is 53.2 Å². The molecule has 0 fully saturated rings. The minimum Gasteiger partial charge on any atom is -0.508 e. The summed E-state index contributed by atoms with van der Waals surface area (Å²) in [5.41, 5.74) is 1.66. The van der Waals surface area contributed by atoms with Crippen molar-refractivity contribution in [2.45, 2.75) is 53.4 Å². The Morgan fingerprint density at radius 2 is 1.65 bits per heavy atom. The maximum atomic E-state index is 9.38. The van der Waals surface area contributed by atoms with Gasteiger partial charge in [-0.2, -0.15) is 0 Å². The summed E-state index contributed by atoms with van der Waals surface area (Å²) < 4.78 is 0. The lowest BCUT2D eigenvalue weighted by atomic mass is 9.70. The lowest BCUT2D eigenvalue weighted by Crippen LogP contribution is -2.22. The Hall–Kier alpha value is -0.980. The van der Waals surface area contributed by atoms with Gasteiger partial charge in [0.15, 0.2) is 0 Å². The van der Waals surface area contributed by atoms with E-state index in [0.717, 1.165) is 0 Å². The molecule has 1 heteroatoms. The fraction of sp³-hybridized carbons (Fsp3) is 0.625. The summed E-state index contributed by atoms with van der Waals surface area (Å²) in [4.78, 5) is 0. The molecule has 0 heterocycles. The smallest absolute Gasteiger partial charge is 0.115 e. The summed E-state index contributed by atoms with van der Waals surface area (Å²) in [6.07, 6.45) is 2.37. The maximum Gasteiger partial charge on any atom is 0.115 e. The molecule has 0 saturated heterocycles. The van der Waals surface area contributed by atoms with Gasteiger partial charge in [0.05, 0.1) is 0 Å². The van der Waals surface area contributed by atoms with E-state index >= 15 is 0 Å². The van der Waals surface area contributed by atoms with Crippen LogP contribution in [0.2, 0.25) is 0 Å². The average Bonchev–Trinajstić information content (AvgIpc) is 2.27. The predicted octanol–water partition coefficient (Wildman–Crippen LogP) is 4.96. The highest BCUT2D eigenvalue weighted by Crippen LogP contribution is 2.42. The molecule has 0 aromatic heterocycles. The summed E-state index contributed by atoms with van der Waals surface area (Å²) in [5, 5.41) is 9.38. The van der Waals surface area contributed by atoms with Gasteiger partial charge in [0, 0.05) is 0 Å². The third kappa shape index (κ3) is 3.76. The van der Waals surface area contributed by atoms with E-state index in [1.807, 2.05) is 0 Å². The molecule has 1 aromatic carbocycles. The number of benzene rings is 1. The maximum absolute atomic E-state index is 9.38. The van der Waals surface area contributed by atoms with Crippen molar-refractivity contribution in [3.05, 3.63) is 29.8 Å². The Kier molecular flexibility index (Phi) is 4.62. The van der Waals surface area contributed by atoms with Crippen LogP contribution in [0.15, 0.2) is 24.3 Å². The largest absolute Gasteiger partial charge is 0.508 e. The Bertz CT molecular complexity index is 335. The number of hydrogen-bond donors (Lipinski definition) is 1. The molecule has 0 aliphatic carbocycles. The van der Waals surface area contributed by atoms with Crippen LogP contribution in [0.1, 0.15) is 58.9 Å². The van der Waals surface area contributed by atoms with Crippen LogP contribution in [-0.2, 0) is 0 Å². The molecule has 0 spiro atoms. The molecule has 0 aliphatic heterocycles. The molecule has 1 unspecified atom stereocenters. The molecule has 1 rings (SSSR count). The molecule has 1 N–H and O–H groups in total. The minimum absolute atomic E-state index is 0.307. The third-order valence-corrected chi connectivity index (χ3v) is 3.86. The lowest BCUT2D eigenvalue weighted by Gasteiger charge is -2.35. The quantitative estimate of drug-likeness (QED) is 0.763. The predicted molar refractivity (Wildman–Crippen MR) is 74.4 cm³/mol. The van der Waals surface area contributed by atoms with Gasteiger partial charge in [-0.3, -0.25) is 0 Å². The molecule has 1 nitrogen and oxygen atoms in total. The van der Waals surface area contributed by atoms with Gasteiger partial charge in [-0.05, 0) is 41.4 Å². The van der Waals surface area contributed by atoms with Gasteiger partial charge in [0.1, 0.15) is 5.75 Å². The van der Waals surface area contributed by atoms with Crippen LogP contribution in [-0.4, -0.2) is 5.11 Å². The molecule has 1 atom stereocenters. The van der Waals surface area contributed by atoms with Crippen LogP contribution in [0, 0.1) is 11.3 Å². The summed E-state index contributed by atoms with van der Waals surface area (Å²) in [6, 6.07) is 7.74. The number of rotatable bonds is 5. The van der Waals surface area contributed by atoms with E-state index < -0.39 is 0 Å². The van der Waals surface area contributed by atoms with Crippen LogP contribution in [0.3, 0.4) is 0 Å². The van der Waals surface area contributed by atoms with Crippen LogP contribution in [0.25, 0.3) is 0 Å². The van der Waals surface area contributed by atoms with Crippen molar-refractivity contribution in [2.24, 2.45) is 11.3 Å². The zero-order valence-electron chi connectivity index (χ0n) is 11.8. The first kappa shape index (κ1) is 14.1. The highest BCUT2D eigenvalue weighted by Gasteiger charge is 2.29. The highest BCUT2D eigenvalue weighted by molar-refractivity contribution is 5.29. The molecular weight excluding hydrogens is 208 g/mol. The standard InChI is InChI=1S/C16H26O/c1-6-16(4,5)15(11-12(2)3)13-7-9-14(17)10-8-13/h7-10,12,15,17H,6,11H2,1-5H3. The first-order chi connectivity index (χ1) is 7.86. The number of phenolic OH excluding ortho intramolecular Hbond substituents is 1. The molecule has 0 bridgehead atoms. The Balaban J connectivity index is 3.01. The zero-order valence-corrected chi connectivity index (χ0v) is 11.8. The SMILES string of the molecule is CCC(C)(C)C(CC(C)C)c1ccc(O)cc1. The van der Waals surface area contributed by atoms with Gasteiger partial charge in [0.2, 0.25) is 0 Å². The molecule has 0 radical (unpaired) electrons. The number of phenols is 1. The summed E-state index contributed by atoms with van der Waals surface area (Å²) in [6.45, 7) is 11.5. The Morgan fingerprint density at radius 1 is 1.12 bits per heavy atom. The molecule has 1 aromatic rings. The van der Waals surface area contributed by atoms with Crippen molar-refractivity contribution in [1.29, 1.82) is 0 Å².